The van der Waals surface area contributed by atoms with Crippen molar-refractivity contribution in [1.82, 2.24) is 25.1 Å². The van der Waals surface area contributed by atoms with Gasteiger partial charge in [0.1, 0.15) is 11.9 Å². The molecule has 1 aliphatic rings. The van der Waals surface area contributed by atoms with Crippen LogP contribution in [0.2, 0.25) is 0 Å². The molecule has 0 aliphatic carbocycles. The fraction of sp³-hybridized carbons (Fsp3) is 0.533. The summed E-state index contributed by atoms with van der Waals surface area (Å²) in [6.07, 6.45) is 0.661. The van der Waals surface area contributed by atoms with E-state index in [1.165, 1.54) is 0 Å². The number of nitrogens with zero attached hydrogens (tertiary/aromatic N) is 4. The third-order valence-electron chi connectivity index (χ3n) is 3.94. The van der Waals surface area contributed by atoms with Crippen LogP contribution in [0.4, 0.5) is 17.5 Å². The van der Waals surface area contributed by atoms with Crippen LogP contribution in [-0.2, 0) is 11.8 Å². The van der Waals surface area contributed by atoms with E-state index in [0.717, 1.165) is 31.1 Å². The Morgan fingerprint density at radius 3 is 3.04 bits per heavy atom. The molecule has 2 atom stereocenters. The van der Waals surface area contributed by atoms with E-state index in [4.69, 9.17) is 10.5 Å². The van der Waals surface area contributed by atoms with Crippen LogP contribution in [0, 0.1) is 6.92 Å². The summed E-state index contributed by atoms with van der Waals surface area (Å²) >= 11 is 0. The van der Waals surface area contributed by atoms with Crippen molar-refractivity contribution >= 4 is 17.5 Å². The van der Waals surface area contributed by atoms with Crippen molar-refractivity contribution < 1.29 is 9.84 Å². The Morgan fingerprint density at radius 1 is 1.52 bits per heavy atom. The second-order valence-corrected chi connectivity index (χ2v) is 5.98. The number of ether oxygens (including phenoxy) is 1. The quantitative estimate of drug-likeness (QED) is 0.442. The summed E-state index contributed by atoms with van der Waals surface area (Å²) in [5.74, 6) is 1.06. The molecule has 1 saturated heterocycles. The van der Waals surface area contributed by atoms with Crippen LogP contribution >= 0.6 is 0 Å². The van der Waals surface area contributed by atoms with Crippen molar-refractivity contribution in [3.05, 3.63) is 23.7 Å². The van der Waals surface area contributed by atoms with E-state index < -0.39 is 6.23 Å². The average molecular weight is 348 g/mol. The molecular formula is C15H24N8O2. The number of imidazole rings is 1. The molecule has 2 unspecified atom stereocenters. The number of hydrogen-bond donors (Lipinski definition) is 5. The molecule has 10 heteroatoms. The van der Waals surface area contributed by atoms with Gasteiger partial charge in [0.25, 0.3) is 0 Å². The van der Waals surface area contributed by atoms with Crippen LogP contribution in [0.1, 0.15) is 17.6 Å². The molecule has 2 aromatic rings. The molecule has 0 spiro atoms. The number of anilines is 3. The van der Waals surface area contributed by atoms with Crippen molar-refractivity contribution in [3.8, 4) is 0 Å². The highest BCUT2D eigenvalue weighted by molar-refractivity contribution is 5.58. The topological polar surface area (TPSA) is 135 Å². The van der Waals surface area contributed by atoms with Gasteiger partial charge >= 0.3 is 0 Å². The molecule has 1 fully saturated rings. The zero-order valence-electron chi connectivity index (χ0n) is 14.4. The Morgan fingerprint density at radius 2 is 2.36 bits per heavy atom. The molecule has 136 valence electrons. The van der Waals surface area contributed by atoms with Crippen LogP contribution in [0.15, 0.2) is 12.3 Å². The highest BCUT2D eigenvalue weighted by Crippen LogP contribution is 2.20. The van der Waals surface area contributed by atoms with Crippen LogP contribution in [-0.4, -0.2) is 57.2 Å². The third kappa shape index (κ3) is 4.42. The molecular weight excluding hydrogens is 324 g/mol. The van der Waals surface area contributed by atoms with Gasteiger partial charge in [-0.05, 0) is 6.92 Å². The second kappa shape index (κ2) is 7.74. The zero-order chi connectivity index (χ0) is 17.8. The van der Waals surface area contributed by atoms with Crippen LogP contribution in [0.25, 0.3) is 0 Å². The number of aliphatic hydroxyl groups excluding tert-OH is 1. The van der Waals surface area contributed by atoms with E-state index in [1.54, 1.807) is 17.8 Å². The predicted molar refractivity (Wildman–Crippen MR) is 93.5 cm³/mol. The van der Waals surface area contributed by atoms with Crippen molar-refractivity contribution in [1.29, 1.82) is 0 Å². The maximum Gasteiger partial charge on any atom is 0.208 e. The molecule has 3 rings (SSSR count). The maximum absolute atomic E-state index is 9.42. The number of nitrogens with two attached hydrogens (primary N) is 1. The number of nitrogens with one attached hydrogen (secondary N) is 3. The molecule has 0 bridgehead atoms. The first-order valence-corrected chi connectivity index (χ1v) is 8.17. The lowest BCUT2D eigenvalue weighted by Gasteiger charge is -2.24. The Hall–Kier alpha value is -2.27. The van der Waals surface area contributed by atoms with Gasteiger partial charge < -0.3 is 36.1 Å². The van der Waals surface area contributed by atoms with Gasteiger partial charge in [-0.1, -0.05) is 0 Å². The molecule has 10 nitrogen and oxygen atoms in total. The number of hydrogen-bond acceptors (Lipinski definition) is 9. The first kappa shape index (κ1) is 17.5. The Labute approximate surface area is 145 Å². The Kier molecular flexibility index (Phi) is 5.43. The monoisotopic (exact) mass is 348 g/mol. The van der Waals surface area contributed by atoms with Crippen molar-refractivity contribution in [2.75, 3.05) is 36.9 Å². The number of aromatic nitrogens is 4. The zero-order valence-corrected chi connectivity index (χ0v) is 14.4. The summed E-state index contributed by atoms with van der Waals surface area (Å²) in [5, 5.41) is 27.5. The van der Waals surface area contributed by atoms with Crippen LogP contribution < -0.4 is 21.7 Å². The van der Waals surface area contributed by atoms with Gasteiger partial charge in [0.05, 0.1) is 24.1 Å². The molecule has 0 aromatic carbocycles. The van der Waals surface area contributed by atoms with Gasteiger partial charge in [0.2, 0.25) is 5.95 Å². The van der Waals surface area contributed by atoms with E-state index in [9.17, 15) is 5.11 Å². The maximum atomic E-state index is 9.42. The summed E-state index contributed by atoms with van der Waals surface area (Å²) < 4.78 is 7.40. The minimum atomic E-state index is -1.12. The second-order valence-electron chi connectivity index (χ2n) is 5.98. The van der Waals surface area contributed by atoms with E-state index in [-0.39, 0.29) is 6.10 Å². The average Bonchev–Trinajstić information content (AvgIpc) is 2.97. The standard InChI is InChI=1S/C15H24N8O2/c1-9-11(18-7-10-6-17-3-4-25-10)5-13(22-21-9)20-15-19-12(14(16)24)8-23(15)2/h5,8,10,14,17,24H,3-4,6-7,16H2,1-2H3,(H2,18,19,20,22). The minimum absolute atomic E-state index is 0.126. The molecule has 6 N–H and O–H groups in total. The molecule has 3 heterocycles. The van der Waals surface area contributed by atoms with Gasteiger partial charge in [-0.25, -0.2) is 4.98 Å². The highest BCUT2D eigenvalue weighted by Gasteiger charge is 2.15. The largest absolute Gasteiger partial charge is 0.381 e. The predicted octanol–water partition coefficient (Wildman–Crippen LogP) is -0.388. The lowest BCUT2D eigenvalue weighted by molar-refractivity contribution is 0.0372. The van der Waals surface area contributed by atoms with Crippen molar-refractivity contribution in [2.45, 2.75) is 19.3 Å². The van der Waals surface area contributed by atoms with Gasteiger partial charge in [0.15, 0.2) is 5.82 Å². The summed E-state index contributed by atoms with van der Waals surface area (Å²) in [6.45, 7) is 5.02. The highest BCUT2D eigenvalue weighted by atomic mass is 16.5. The lowest BCUT2D eigenvalue weighted by atomic mass is 10.2. The lowest BCUT2D eigenvalue weighted by Crippen LogP contribution is -2.42. The van der Waals surface area contributed by atoms with E-state index >= 15 is 0 Å². The smallest absolute Gasteiger partial charge is 0.208 e. The van der Waals surface area contributed by atoms with E-state index in [2.05, 4.69) is 31.1 Å². The van der Waals surface area contributed by atoms with Gasteiger partial charge in [-0.15, -0.1) is 5.10 Å². The van der Waals surface area contributed by atoms with E-state index in [0.29, 0.717) is 24.0 Å². The van der Waals surface area contributed by atoms with Crippen LogP contribution in [0.3, 0.4) is 0 Å². The summed E-state index contributed by atoms with van der Waals surface area (Å²) in [4.78, 5) is 4.24. The van der Waals surface area contributed by atoms with Gasteiger partial charge in [0, 0.05) is 38.9 Å². The number of aryl methyl sites for hydroxylation is 2. The number of rotatable bonds is 6. The third-order valence-corrected chi connectivity index (χ3v) is 3.94. The Bertz CT molecular complexity index is 712. The molecule has 25 heavy (non-hydrogen) atoms. The first-order valence-electron chi connectivity index (χ1n) is 8.17. The summed E-state index contributed by atoms with van der Waals surface area (Å²) in [6, 6.07) is 1.87. The van der Waals surface area contributed by atoms with Crippen molar-refractivity contribution in [2.24, 2.45) is 12.8 Å². The minimum Gasteiger partial charge on any atom is -0.381 e. The Balaban J connectivity index is 1.68. The molecule has 1 aliphatic heterocycles. The molecule has 2 aromatic heterocycles. The molecule has 0 amide bonds. The van der Waals surface area contributed by atoms with Crippen molar-refractivity contribution in [3.63, 3.8) is 0 Å². The fourth-order valence-electron chi connectivity index (χ4n) is 2.53. The molecule has 0 saturated carbocycles. The summed E-state index contributed by atoms with van der Waals surface area (Å²) in [7, 11) is 1.80. The number of morpholine rings is 1. The molecule has 0 radical (unpaired) electrons. The SMILES string of the molecule is Cc1nnc(Nc2nc(C(N)O)cn2C)cc1NCC1CNCCO1. The van der Waals surface area contributed by atoms with Gasteiger partial charge in [-0.3, -0.25) is 0 Å². The number of aliphatic hydroxyl groups is 1. The summed E-state index contributed by atoms with van der Waals surface area (Å²) in [5.41, 5.74) is 7.49. The first-order chi connectivity index (χ1) is 12.0. The normalized spacial score (nSPS) is 18.8. The fourth-order valence-corrected chi connectivity index (χ4v) is 2.53. The van der Waals surface area contributed by atoms with Gasteiger partial charge in [-0.2, -0.15) is 5.10 Å². The van der Waals surface area contributed by atoms with E-state index in [1.807, 2.05) is 13.0 Å². The van der Waals surface area contributed by atoms with Crippen LogP contribution in [0.5, 0.6) is 0 Å².